The van der Waals surface area contributed by atoms with Crippen molar-refractivity contribution in [2.75, 3.05) is 44.7 Å². The van der Waals surface area contributed by atoms with E-state index in [-0.39, 0.29) is 17.8 Å². The summed E-state index contributed by atoms with van der Waals surface area (Å²) < 4.78 is 4.84. The van der Waals surface area contributed by atoms with Crippen molar-refractivity contribution in [1.82, 2.24) is 10.2 Å². The quantitative estimate of drug-likeness (QED) is 0.740. The van der Waals surface area contributed by atoms with Gasteiger partial charge in [-0.2, -0.15) is 0 Å². The number of rotatable bonds is 7. The molecule has 2 atom stereocenters. The van der Waals surface area contributed by atoms with E-state index in [1.807, 2.05) is 13.8 Å². The normalized spacial score (nSPS) is 17.3. The fourth-order valence-electron chi connectivity index (χ4n) is 3.44. The fraction of sp³-hybridized carbons (Fsp3) is 0.619. The molecule has 0 saturated carbocycles. The first kappa shape index (κ1) is 21.2. The number of anilines is 1. The summed E-state index contributed by atoms with van der Waals surface area (Å²) in [4.78, 5) is 28.9. The predicted octanol–water partition coefficient (Wildman–Crippen LogP) is 2.13. The van der Waals surface area contributed by atoms with Crippen LogP contribution < -0.4 is 10.2 Å². The number of benzene rings is 1. The zero-order valence-electron chi connectivity index (χ0n) is 17.2. The van der Waals surface area contributed by atoms with Crippen LogP contribution in [0.3, 0.4) is 0 Å². The molecule has 1 amide bonds. The van der Waals surface area contributed by atoms with Gasteiger partial charge >= 0.3 is 5.97 Å². The average Bonchev–Trinajstić information content (AvgIpc) is 2.67. The summed E-state index contributed by atoms with van der Waals surface area (Å²) in [5, 5.41) is 2.86. The molecule has 6 heteroatoms. The minimum absolute atomic E-state index is 0.0440. The molecule has 1 aromatic carbocycles. The summed E-state index contributed by atoms with van der Waals surface area (Å²) in [7, 11) is 1.36. The van der Waals surface area contributed by atoms with E-state index in [1.165, 1.54) is 23.9 Å². The molecule has 0 radical (unpaired) electrons. The number of ether oxygens (including phenoxy) is 1. The third kappa shape index (κ3) is 5.45. The molecule has 1 aliphatic heterocycles. The minimum Gasteiger partial charge on any atom is -0.467 e. The first-order valence-corrected chi connectivity index (χ1v) is 9.78. The summed E-state index contributed by atoms with van der Waals surface area (Å²) in [6.07, 6.45) is 0.800. The van der Waals surface area contributed by atoms with Crippen molar-refractivity contribution in [2.45, 2.75) is 40.2 Å². The molecule has 0 aromatic heterocycles. The topological polar surface area (TPSA) is 61.9 Å². The average molecular weight is 376 g/mol. The Morgan fingerprint density at radius 2 is 1.85 bits per heavy atom. The van der Waals surface area contributed by atoms with Gasteiger partial charge in [-0.3, -0.25) is 9.69 Å². The molecule has 2 rings (SSSR count). The van der Waals surface area contributed by atoms with Crippen molar-refractivity contribution in [3.8, 4) is 0 Å². The molecule has 1 N–H and O–H groups in total. The highest BCUT2D eigenvalue weighted by atomic mass is 16.5. The van der Waals surface area contributed by atoms with Crippen LogP contribution >= 0.6 is 0 Å². The number of piperazine rings is 1. The lowest BCUT2D eigenvalue weighted by atomic mass is 9.99. The zero-order chi connectivity index (χ0) is 20.0. The summed E-state index contributed by atoms with van der Waals surface area (Å²) >= 11 is 0. The highest BCUT2D eigenvalue weighted by molar-refractivity contribution is 5.85. The SMILES string of the molecule is CC[C@@H](C)[C@H](NC(=O)CN1CCN(c2cccc(C)c2C)CC1)C(=O)OC. The van der Waals surface area contributed by atoms with Crippen molar-refractivity contribution in [3.05, 3.63) is 29.3 Å². The van der Waals surface area contributed by atoms with Crippen LogP contribution in [0.5, 0.6) is 0 Å². The van der Waals surface area contributed by atoms with Crippen molar-refractivity contribution in [3.63, 3.8) is 0 Å². The van der Waals surface area contributed by atoms with Crippen molar-refractivity contribution < 1.29 is 14.3 Å². The number of hydrogen-bond acceptors (Lipinski definition) is 5. The first-order chi connectivity index (χ1) is 12.9. The van der Waals surface area contributed by atoms with E-state index in [1.54, 1.807) is 0 Å². The van der Waals surface area contributed by atoms with Gasteiger partial charge in [0, 0.05) is 31.9 Å². The molecule has 0 unspecified atom stereocenters. The standard InChI is InChI=1S/C21H33N3O3/c1-6-15(2)20(21(26)27-5)22-19(25)14-23-10-12-24(13-11-23)18-9-7-8-16(3)17(18)4/h7-9,15,20H,6,10-14H2,1-5H3,(H,22,25)/t15-,20+/m1/s1. The molecule has 27 heavy (non-hydrogen) atoms. The number of carbonyl (C=O) groups is 2. The number of amides is 1. The van der Waals surface area contributed by atoms with E-state index in [2.05, 4.69) is 47.2 Å². The number of methoxy groups -OCH3 is 1. The van der Waals surface area contributed by atoms with E-state index in [9.17, 15) is 9.59 Å². The van der Waals surface area contributed by atoms with Gasteiger partial charge in [0.25, 0.3) is 0 Å². The van der Waals surface area contributed by atoms with Crippen LogP contribution in [-0.4, -0.2) is 62.7 Å². The maximum absolute atomic E-state index is 12.4. The lowest BCUT2D eigenvalue weighted by molar-refractivity contribution is -0.146. The summed E-state index contributed by atoms with van der Waals surface area (Å²) in [5.41, 5.74) is 3.90. The van der Waals surface area contributed by atoms with E-state index >= 15 is 0 Å². The van der Waals surface area contributed by atoms with E-state index < -0.39 is 6.04 Å². The monoisotopic (exact) mass is 375 g/mol. The van der Waals surface area contributed by atoms with Gasteiger partial charge < -0.3 is 15.0 Å². The molecule has 0 bridgehead atoms. The Morgan fingerprint density at radius 3 is 2.44 bits per heavy atom. The Bertz CT molecular complexity index is 654. The van der Waals surface area contributed by atoms with E-state index in [4.69, 9.17) is 4.74 Å². The van der Waals surface area contributed by atoms with Crippen LogP contribution in [0.25, 0.3) is 0 Å². The zero-order valence-corrected chi connectivity index (χ0v) is 17.2. The Morgan fingerprint density at radius 1 is 1.19 bits per heavy atom. The van der Waals surface area contributed by atoms with Crippen molar-refractivity contribution in [2.24, 2.45) is 5.92 Å². The van der Waals surface area contributed by atoms with Crippen LogP contribution in [-0.2, 0) is 14.3 Å². The number of carbonyl (C=O) groups excluding carboxylic acids is 2. The molecule has 0 spiro atoms. The Hall–Kier alpha value is -2.08. The van der Waals surface area contributed by atoms with Crippen molar-refractivity contribution in [1.29, 1.82) is 0 Å². The predicted molar refractivity (Wildman–Crippen MR) is 108 cm³/mol. The second-order valence-corrected chi connectivity index (χ2v) is 7.44. The third-order valence-electron chi connectivity index (χ3n) is 5.64. The van der Waals surface area contributed by atoms with Gasteiger partial charge in [0.15, 0.2) is 0 Å². The molecule has 1 aromatic rings. The third-order valence-corrected chi connectivity index (χ3v) is 5.64. The molecule has 1 fully saturated rings. The van der Waals surface area contributed by atoms with Gasteiger partial charge in [0.1, 0.15) is 6.04 Å². The van der Waals surface area contributed by atoms with Gasteiger partial charge in [-0.25, -0.2) is 4.79 Å². The van der Waals surface area contributed by atoms with E-state index in [0.29, 0.717) is 6.54 Å². The van der Waals surface area contributed by atoms with Gasteiger partial charge in [-0.1, -0.05) is 32.4 Å². The van der Waals surface area contributed by atoms with E-state index in [0.717, 1.165) is 32.6 Å². The maximum Gasteiger partial charge on any atom is 0.328 e. The molecule has 0 aliphatic carbocycles. The first-order valence-electron chi connectivity index (χ1n) is 9.78. The number of nitrogens with zero attached hydrogens (tertiary/aromatic N) is 2. The molecule has 1 heterocycles. The highest BCUT2D eigenvalue weighted by Gasteiger charge is 2.28. The lowest BCUT2D eigenvalue weighted by Crippen LogP contribution is -2.52. The largest absolute Gasteiger partial charge is 0.467 e. The van der Waals surface area contributed by atoms with Gasteiger partial charge in [-0.05, 0) is 37.0 Å². The summed E-state index contributed by atoms with van der Waals surface area (Å²) in [5.74, 6) is -0.453. The fourth-order valence-corrected chi connectivity index (χ4v) is 3.44. The second-order valence-electron chi connectivity index (χ2n) is 7.44. The van der Waals surface area contributed by atoms with Crippen LogP contribution in [0.15, 0.2) is 18.2 Å². The molecular weight excluding hydrogens is 342 g/mol. The Balaban J connectivity index is 1.88. The molecular formula is C21H33N3O3. The van der Waals surface area contributed by atoms with Crippen LogP contribution in [0.2, 0.25) is 0 Å². The maximum atomic E-state index is 12.4. The number of hydrogen-bond donors (Lipinski definition) is 1. The summed E-state index contributed by atoms with van der Waals surface area (Å²) in [6, 6.07) is 5.81. The molecule has 1 aliphatic rings. The minimum atomic E-state index is -0.580. The highest BCUT2D eigenvalue weighted by Crippen LogP contribution is 2.23. The number of aryl methyl sites for hydroxylation is 1. The lowest BCUT2D eigenvalue weighted by Gasteiger charge is -2.37. The smallest absolute Gasteiger partial charge is 0.328 e. The number of esters is 1. The second kappa shape index (κ2) is 9.74. The van der Waals surface area contributed by atoms with Gasteiger partial charge in [-0.15, -0.1) is 0 Å². The molecule has 6 nitrogen and oxygen atoms in total. The Kier molecular flexibility index (Phi) is 7.66. The van der Waals surface area contributed by atoms with Crippen molar-refractivity contribution >= 4 is 17.6 Å². The number of nitrogens with one attached hydrogen (secondary N) is 1. The molecule has 1 saturated heterocycles. The van der Waals surface area contributed by atoms with Crippen LogP contribution in [0.4, 0.5) is 5.69 Å². The summed E-state index contributed by atoms with van der Waals surface area (Å²) in [6.45, 7) is 12.0. The van der Waals surface area contributed by atoms with Crippen LogP contribution in [0.1, 0.15) is 31.4 Å². The van der Waals surface area contributed by atoms with Gasteiger partial charge in [0.05, 0.1) is 13.7 Å². The molecule has 150 valence electrons. The Labute approximate surface area is 162 Å². The van der Waals surface area contributed by atoms with Gasteiger partial charge in [0.2, 0.25) is 5.91 Å². The van der Waals surface area contributed by atoms with Crippen LogP contribution in [0, 0.1) is 19.8 Å².